The third-order valence-corrected chi connectivity index (χ3v) is 6.15. The zero-order valence-corrected chi connectivity index (χ0v) is 17.3. The molecule has 0 aliphatic carbocycles. The van der Waals surface area contributed by atoms with E-state index in [0.717, 1.165) is 29.6 Å². The van der Waals surface area contributed by atoms with Gasteiger partial charge in [0, 0.05) is 42.3 Å². The lowest BCUT2D eigenvalue weighted by Crippen LogP contribution is -2.38. The van der Waals surface area contributed by atoms with Crippen LogP contribution >= 0.6 is 0 Å². The number of likely N-dealkylation sites (tertiary alicyclic amines) is 1. The van der Waals surface area contributed by atoms with Crippen molar-refractivity contribution < 1.29 is 14.6 Å². The van der Waals surface area contributed by atoms with Crippen LogP contribution in [0.15, 0.2) is 48.4 Å². The lowest BCUT2D eigenvalue weighted by atomic mass is 9.91. The van der Waals surface area contributed by atoms with E-state index in [0.29, 0.717) is 41.0 Å². The number of fused-ring (bicyclic) bond motifs is 2. The molecule has 0 spiro atoms. The summed E-state index contributed by atoms with van der Waals surface area (Å²) in [5.41, 5.74) is 3.14. The largest absolute Gasteiger partial charge is 0.507 e. The summed E-state index contributed by atoms with van der Waals surface area (Å²) in [6.07, 6.45) is 4.89. The maximum absolute atomic E-state index is 13.0. The van der Waals surface area contributed by atoms with E-state index in [1.807, 2.05) is 30.5 Å². The van der Waals surface area contributed by atoms with Crippen molar-refractivity contribution >= 4 is 22.8 Å². The SMILES string of the molecule is C[C@H]1C[C@H](C)CN(Cc2c(O)ccc3c2O/C(=C\c2c[nH]c4ccccc24)C3=O)C1. The molecule has 0 radical (unpaired) electrons. The summed E-state index contributed by atoms with van der Waals surface area (Å²) in [6, 6.07) is 11.2. The topological polar surface area (TPSA) is 65.6 Å². The molecule has 0 saturated carbocycles. The Hall–Kier alpha value is -3.05. The Balaban J connectivity index is 1.48. The number of piperidine rings is 1. The monoisotopic (exact) mass is 402 g/mol. The number of Topliss-reactive ketones (excluding diaryl/α,β-unsaturated/α-hetero) is 1. The molecule has 1 fully saturated rings. The molecule has 0 bridgehead atoms. The van der Waals surface area contributed by atoms with Crippen LogP contribution in [0.5, 0.6) is 11.5 Å². The predicted molar refractivity (Wildman–Crippen MR) is 118 cm³/mol. The number of hydrogen-bond acceptors (Lipinski definition) is 4. The number of carbonyl (C=O) groups excluding carboxylic acids is 1. The maximum atomic E-state index is 13.0. The quantitative estimate of drug-likeness (QED) is 0.607. The summed E-state index contributed by atoms with van der Waals surface area (Å²) in [7, 11) is 0. The van der Waals surface area contributed by atoms with Gasteiger partial charge in [0.25, 0.3) is 0 Å². The highest BCUT2D eigenvalue weighted by Crippen LogP contribution is 2.41. The first kappa shape index (κ1) is 18.9. The lowest BCUT2D eigenvalue weighted by Gasteiger charge is -2.35. The molecule has 1 aromatic heterocycles. The molecule has 2 aliphatic rings. The Labute approximate surface area is 176 Å². The highest BCUT2D eigenvalue weighted by Gasteiger charge is 2.32. The van der Waals surface area contributed by atoms with Crippen molar-refractivity contribution in [3.05, 3.63) is 65.0 Å². The van der Waals surface area contributed by atoms with E-state index in [-0.39, 0.29) is 11.5 Å². The molecule has 2 atom stereocenters. The Morgan fingerprint density at radius 2 is 1.93 bits per heavy atom. The molecule has 30 heavy (non-hydrogen) atoms. The van der Waals surface area contributed by atoms with E-state index >= 15 is 0 Å². The van der Waals surface area contributed by atoms with Crippen LogP contribution in [0.1, 0.15) is 41.8 Å². The average Bonchev–Trinajstić information content (AvgIpc) is 3.25. The fourth-order valence-corrected chi connectivity index (χ4v) is 4.95. The number of aromatic nitrogens is 1. The van der Waals surface area contributed by atoms with Crippen molar-refractivity contribution in [1.29, 1.82) is 0 Å². The Kier molecular flexibility index (Phi) is 4.63. The second kappa shape index (κ2) is 7.33. The van der Waals surface area contributed by atoms with Gasteiger partial charge in [-0.25, -0.2) is 0 Å². The number of nitrogens with zero attached hydrogens (tertiary/aromatic N) is 1. The molecule has 5 heteroatoms. The fraction of sp³-hybridized carbons (Fsp3) is 0.320. The smallest absolute Gasteiger partial charge is 0.231 e. The Morgan fingerprint density at radius 3 is 2.73 bits per heavy atom. The van der Waals surface area contributed by atoms with Crippen molar-refractivity contribution in [2.45, 2.75) is 26.8 Å². The first-order valence-electron chi connectivity index (χ1n) is 10.6. The second-order valence-corrected chi connectivity index (χ2v) is 8.81. The summed E-state index contributed by atoms with van der Waals surface area (Å²) < 4.78 is 6.06. The van der Waals surface area contributed by atoms with E-state index in [4.69, 9.17) is 4.74 Å². The number of aromatic amines is 1. The summed E-state index contributed by atoms with van der Waals surface area (Å²) in [4.78, 5) is 18.6. The number of phenolic OH excluding ortho intramolecular Hbond substituents is 1. The zero-order chi connectivity index (χ0) is 20.8. The van der Waals surface area contributed by atoms with Crippen LogP contribution in [-0.4, -0.2) is 33.9 Å². The number of rotatable bonds is 3. The van der Waals surface area contributed by atoms with Gasteiger partial charge in [-0.3, -0.25) is 9.69 Å². The average molecular weight is 402 g/mol. The van der Waals surface area contributed by atoms with E-state index < -0.39 is 0 Å². The summed E-state index contributed by atoms with van der Waals surface area (Å²) >= 11 is 0. The molecule has 2 aromatic carbocycles. The molecule has 2 N–H and O–H groups in total. The molecule has 0 unspecified atom stereocenters. The first-order valence-corrected chi connectivity index (χ1v) is 10.6. The third-order valence-electron chi connectivity index (χ3n) is 6.15. The van der Waals surface area contributed by atoms with Crippen molar-refractivity contribution in [2.24, 2.45) is 11.8 Å². The predicted octanol–water partition coefficient (Wildman–Crippen LogP) is 4.97. The number of carbonyl (C=O) groups is 1. The van der Waals surface area contributed by atoms with Crippen molar-refractivity contribution in [2.75, 3.05) is 13.1 Å². The summed E-state index contributed by atoms with van der Waals surface area (Å²) in [6.45, 7) is 7.08. The Bertz CT molecular complexity index is 1150. The van der Waals surface area contributed by atoms with Crippen LogP contribution in [0.4, 0.5) is 0 Å². The lowest BCUT2D eigenvalue weighted by molar-refractivity contribution is 0.101. The van der Waals surface area contributed by atoms with Gasteiger partial charge >= 0.3 is 0 Å². The van der Waals surface area contributed by atoms with Gasteiger partial charge < -0.3 is 14.8 Å². The molecule has 3 aromatic rings. The number of aromatic hydroxyl groups is 1. The van der Waals surface area contributed by atoms with E-state index in [2.05, 4.69) is 23.7 Å². The van der Waals surface area contributed by atoms with Gasteiger partial charge in [-0.2, -0.15) is 0 Å². The van der Waals surface area contributed by atoms with E-state index in [1.165, 1.54) is 6.42 Å². The number of H-pyrrole nitrogens is 1. The molecule has 5 nitrogen and oxygen atoms in total. The summed E-state index contributed by atoms with van der Waals surface area (Å²) in [5.74, 6) is 2.07. The first-order chi connectivity index (χ1) is 14.5. The molecule has 154 valence electrons. The maximum Gasteiger partial charge on any atom is 0.231 e. The number of ether oxygens (including phenoxy) is 1. The van der Waals surface area contributed by atoms with Crippen molar-refractivity contribution in [3.8, 4) is 11.5 Å². The number of allylic oxidation sites excluding steroid dienone is 1. The van der Waals surface area contributed by atoms with Gasteiger partial charge in [0.2, 0.25) is 5.78 Å². The van der Waals surface area contributed by atoms with Crippen LogP contribution in [0.25, 0.3) is 17.0 Å². The normalized spacial score (nSPS) is 23.1. The van der Waals surface area contributed by atoms with Gasteiger partial charge in [-0.05, 0) is 42.5 Å². The van der Waals surface area contributed by atoms with Crippen LogP contribution < -0.4 is 4.74 Å². The second-order valence-electron chi connectivity index (χ2n) is 8.81. The molecule has 2 aliphatic heterocycles. The van der Waals surface area contributed by atoms with Gasteiger partial charge in [0.05, 0.1) is 11.1 Å². The standard InChI is InChI=1S/C25H26N2O3/c1-15-9-16(2)13-27(12-15)14-20-22(28)8-7-19-24(29)23(30-25(19)20)10-17-11-26-21-6-4-3-5-18(17)21/h3-8,10-11,15-16,26,28H,9,12-14H2,1-2H3/b23-10-/t15-,16-/m0/s1. The minimum Gasteiger partial charge on any atom is -0.507 e. The number of para-hydroxylation sites is 1. The molecule has 5 rings (SSSR count). The molecule has 3 heterocycles. The van der Waals surface area contributed by atoms with Gasteiger partial charge in [0.1, 0.15) is 11.5 Å². The molecular formula is C25H26N2O3. The van der Waals surface area contributed by atoms with Crippen molar-refractivity contribution in [3.63, 3.8) is 0 Å². The van der Waals surface area contributed by atoms with E-state index in [9.17, 15) is 9.90 Å². The number of ketones is 1. The summed E-state index contributed by atoms with van der Waals surface area (Å²) in [5, 5.41) is 11.6. The minimum absolute atomic E-state index is 0.142. The minimum atomic E-state index is -0.142. The number of nitrogens with one attached hydrogen (secondary N) is 1. The zero-order valence-electron chi connectivity index (χ0n) is 17.3. The molecule has 1 saturated heterocycles. The highest BCUT2D eigenvalue weighted by atomic mass is 16.5. The number of benzene rings is 2. The van der Waals surface area contributed by atoms with Crippen LogP contribution in [-0.2, 0) is 6.54 Å². The number of phenols is 1. The van der Waals surface area contributed by atoms with E-state index in [1.54, 1.807) is 18.2 Å². The molecule has 0 amide bonds. The fourth-order valence-electron chi connectivity index (χ4n) is 4.95. The number of hydrogen-bond donors (Lipinski definition) is 2. The Morgan fingerprint density at radius 1 is 1.17 bits per heavy atom. The molecular weight excluding hydrogens is 376 g/mol. The van der Waals surface area contributed by atoms with Gasteiger partial charge in [-0.15, -0.1) is 0 Å². The highest BCUT2D eigenvalue weighted by molar-refractivity contribution is 6.15. The van der Waals surface area contributed by atoms with Gasteiger partial charge in [0.15, 0.2) is 5.76 Å². The van der Waals surface area contributed by atoms with Crippen LogP contribution in [0.3, 0.4) is 0 Å². The third kappa shape index (κ3) is 3.29. The van der Waals surface area contributed by atoms with Gasteiger partial charge in [-0.1, -0.05) is 32.0 Å². The van der Waals surface area contributed by atoms with Crippen LogP contribution in [0, 0.1) is 11.8 Å². The van der Waals surface area contributed by atoms with Crippen molar-refractivity contribution in [1.82, 2.24) is 9.88 Å². The van der Waals surface area contributed by atoms with Crippen LogP contribution in [0.2, 0.25) is 0 Å².